The van der Waals surface area contributed by atoms with Gasteiger partial charge >= 0.3 is 0 Å². The molecule has 1 aliphatic carbocycles. The number of alkyl halides is 2. The predicted octanol–water partition coefficient (Wildman–Crippen LogP) is 1.12. The lowest BCUT2D eigenvalue weighted by atomic mass is 10.1. The summed E-state index contributed by atoms with van der Waals surface area (Å²) in [6, 6.07) is 0. The Labute approximate surface area is 104 Å². The van der Waals surface area contributed by atoms with E-state index < -0.39 is 5.92 Å². The zero-order valence-electron chi connectivity index (χ0n) is 10.1. The molecule has 5 nitrogen and oxygen atoms in total. The Balaban J connectivity index is 1.69. The van der Waals surface area contributed by atoms with E-state index in [2.05, 4.69) is 25.4 Å². The molecule has 0 amide bonds. The van der Waals surface area contributed by atoms with Crippen molar-refractivity contribution in [3.8, 4) is 0 Å². The Morgan fingerprint density at radius 3 is 2.72 bits per heavy atom. The lowest BCUT2D eigenvalue weighted by Gasteiger charge is -2.25. The Morgan fingerprint density at radius 2 is 2.06 bits per heavy atom. The average molecular weight is 257 g/mol. The van der Waals surface area contributed by atoms with E-state index >= 15 is 0 Å². The second-order valence-electron chi connectivity index (χ2n) is 5.05. The van der Waals surface area contributed by atoms with Crippen molar-refractivity contribution in [3.05, 3.63) is 5.82 Å². The lowest BCUT2D eigenvalue weighted by molar-refractivity contribution is 0.00755. The van der Waals surface area contributed by atoms with E-state index in [4.69, 9.17) is 0 Å². The van der Waals surface area contributed by atoms with Gasteiger partial charge in [0.2, 0.25) is 11.9 Å². The van der Waals surface area contributed by atoms with E-state index in [1.807, 2.05) is 0 Å². The minimum Gasteiger partial charge on any atom is -0.337 e. The zero-order valence-corrected chi connectivity index (χ0v) is 10.1. The summed E-state index contributed by atoms with van der Waals surface area (Å²) in [5.74, 6) is -1.46. The van der Waals surface area contributed by atoms with E-state index in [1.54, 1.807) is 0 Å². The largest absolute Gasteiger partial charge is 0.337 e. The SMILES string of the molecule is FC1(F)CCC(c2nc(N3CCNCC3)n[nH]2)C1. The molecular weight excluding hydrogens is 240 g/mol. The lowest BCUT2D eigenvalue weighted by Crippen LogP contribution is -2.44. The van der Waals surface area contributed by atoms with Crippen LogP contribution in [-0.4, -0.2) is 47.3 Å². The molecule has 2 fully saturated rings. The monoisotopic (exact) mass is 257 g/mol. The minimum absolute atomic E-state index is 0.0403. The number of hydrogen-bond acceptors (Lipinski definition) is 4. The van der Waals surface area contributed by atoms with Crippen molar-refractivity contribution in [2.45, 2.75) is 31.1 Å². The van der Waals surface area contributed by atoms with E-state index in [1.165, 1.54) is 0 Å². The molecule has 0 spiro atoms. The van der Waals surface area contributed by atoms with Crippen LogP contribution >= 0.6 is 0 Å². The Kier molecular flexibility index (Phi) is 2.93. The fourth-order valence-electron chi connectivity index (χ4n) is 2.64. The molecular formula is C11H17F2N5. The third-order valence-corrected chi connectivity index (χ3v) is 3.68. The van der Waals surface area contributed by atoms with Crippen LogP contribution in [-0.2, 0) is 0 Å². The topological polar surface area (TPSA) is 56.8 Å². The van der Waals surface area contributed by atoms with Gasteiger partial charge in [0.05, 0.1) is 0 Å². The second-order valence-corrected chi connectivity index (χ2v) is 5.05. The molecule has 1 aromatic heterocycles. The normalized spacial score (nSPS) is 27.7. The molecule has 1 unspecified atom stereocenters. The Hall–Kier alpha value is -1.24. The number of H-pyrrole nitrogens is 1. The first-order chi connectivity index (χ1) is 8.64. The van der Waals surface area contributed by atoms with Gasteiger partial charge < -0.3 is 10.2 Å². The zero-order chi connectivity index (χ0) is 12.6. The van der Waals surface area contributed by atoms with Gasteiger partial charge in [-0.25, -0.2) is 8.78 Å². The highest BCUT2D eigenvalue weighted by molar-refractivity contribution is 5.30. The molecule has 2 heterocycles. The number of rotatable bonds is 2. The molecule has 100 valence electrons. The van der Waals surface area contributed by atoms with Gasteiger partial charge in [-0.3, -0.25) is 5.10 Å². The number of aromatic amines is 1. The quantitative estimate of drug-likeness (QED) is 0.833. The van der Waals surface area contributed by atoms with Crippen molar-refractivity contribution in [2.24, 2.45) is 0 Å². The summed E-state index contributed by atoms with van der Waals surface area (Å²) in [5, 5.41) is 10.2. The molecule has 1 aromatic rings. The highest BCUT2D eigenvalue weighted by Crippen LogP contribution is 2.43. The molecule has 2 N–H and O–H groups in total. The first kappa shape index (κ1) is 11.8. The fourth-order valence-corrected chi connectivity index (χ4v) is 2.64. The van der Waals surface area contributed by atoms with Gasteiger partial charge in [0.15, 0.2) is 0 Å². The van der Waals surface area contributed by atoms with Gasteiger partial charge in [0.1, 0.15) is 5.82 Å². The van der Waals surface area contributed by atoms with Crippen LogP contribution in [0.25, 0.3) is 0 Å². The van der Waals surface area contributed by atoms with E-state index in [0.29, 0.717) is 18.2 Å². The average Bonchev–Trinajstić information content (AvgIpc) is 2.96. The Morgan fingerprint density at radius 1 is 1.28 bits per heavy atom. The second kappa shape index (κ2) is 4.46. The molecule has 0 radical (unpaired) electrons. The van der Waals surface area contributed by atoms with E-state index in [9.17, 15) is 8.78 Å². The number of anilines is 1. The van der Waals surface area contributed by atoms with Crippen LogP contribution in [0.5, 0.6) is 0 Å². The molecule has 1 saturated carbocycles. The van der Waals surface area contributed by atoms with Crippen LogP contribution in [0, 0.1) is 0 Å². The molecule has 2 aliphatic rings. The summed E-state index contributed by atoms with van der Waals surface area (Å²) in [4.78, 5) is 6.45. The molecule has 1 atom stereocenters. The standard InChI is InChI=1S/C11H17F2N5/c12-11(13)2-1-8(7-11)9-15-10(17-16-9)18-5-3-14-4-6-18/h8,14H,1-7H2,(H,15,16,17). The Bertz CT molecular complexity index is 413. The van der Waals surface area contributed by atoms with Crippen molar-refractivity contribution in [1.82, 2.24) is 20.5 Å². The molecule has 18 heavy (non-hydrogen) atoms. The maximum absolute atomic E-state index is 13.2. The molecule has 7 heteroatoms. The first-order valence-electron chi connectivity index (χ1n) is 6.40. The molecule has 0 bridgehead atoms. The number of aromatic nitrogens is 3. The van der Waals surface area contributed by atoms with Crippen molar-refractivity contribution in [3.63, 3.8) is 0 Å². The van der Waals surface area contributed by atoms with Crippen LogP contribution in [0.15, 0.2) is 0 Å². The highest BCUT2D eigenvalue weighted by atomic mass is 19.3. The third-order valence-electron chi connectivity index (χ3n) is 3.68. The fraction of sp³-hybridized carbons (Fsp3) is 0.818. The number of piperazine rings is 1. The third kappa shape index (κ3) is 2.31. The van der Waals surface area contributed by atoms with Crippen LogP contribution in [0.2, 0.25) is 0 Å². The van der Waals surface area contributed by atoms with Gasteiger partial charge in [0.25, 0.3) is 0 Å². The maximum atomic E-state index is 13.2. The van der Waals surface area contributed by atoms with Crippen LogP contribution in [0.3, 0.4) is 0 Å². The first-order valence-corrected chi connectivity index (χ1v) is 6.40. The number of halogens is 2. The summed E-state index contributed by atoms with van der Waals surface area (Å²) < 4.78 is 26.3. The smallest absolute Gasteiger partial charge is 0.248 e. The summed E-state index contributed by atoms with van der Waals surface area (Å²) in [7, 11) is 0. The highest BCUT2D eigenvalue weighted by Gasteiger charge is 2.41. The molecule has 1 aliphatic heterocycles. The van der Waals surface area contributed by atoms with Gasteiger partial charge in [-0.1, -0.05) is 0 Å². The minimum atomic E-state index is -2.54. The summed E-state index contributed by atoms with van der Waals surface area (Å²) in [5.41, 5.74) is 0. The molecule has 1 saturated heterocycles. The van der Waals surface area contributed by atoms with Crippen LogP contribution in [0.4, 0.5) is 14.7 Å². The van der Waals surface area contributed by atoms with E-state index in [-0.39, 0.29) is 18.8 Å². The van der Waals surface area contributed by atoms with Crippen molar-refractivity contribution in [2.75, 3.05) is 31.1 Å². The number of nitrogens with zero attached hydrogens (tertiary/aromatic N) is 3. The molecule has 3 rings (SSSR count). The van der Waals surface area contributed by atoms with E-state index in [0.717, 1.165) is 26.2 Å². The summed E-state index contributed by atoms with van der Waals surface area (Å²) in [6.07, 6.45) is 0.341. The van der Waals surface area contributed by atoms with Gasteiger partial charge in [-0.05, 0) is 6.42 Å². The number of nitrogens with one attached hydrogen (secondary N) is 2. The maximum Gasteiger partial charge on any atom is 0.248 e. The van der Waals surface area contributed by atoms with Gasteiger partial charge in [0, 0.05) is 44.9 Å². The van der Waals surface area contributed by atoms with Crippen molar-refractivity contribution >= 4 is 5.95 Å². The summed E-state index contributed by atoms with van der Waals surface area (Å²) >= 11 is 0. The predicted molar refractivity (Wildman–Crippen MR) is 63.0 cm³/mol. The van der Waals surface area contributed by atoms with Crippen molar-refractivity contribution < 1.29 is 8.78 Å². The summed E-state index contributed by atoms with van der Waals surface area (Å²) in [6.45, 7) is 3.53. The van der Waals surface area contributed by atoms with Crippen LogP contribution < -0.4 is 10.2 Å². The molecule has 0 aromatic carbocycles. The van der Waals surface area contributed by atoms with Gasteiger partial charge in [-0.2, -0.15) is 4.98 Å². The number of hydrogen-bond donors (Lipinski definition) is 2. The van der Waals surface area contributed by atoms with Gasteiger partial charge in [-0.15, -0.1) is 5.10 Å². The van der Waals surface area contributed by atoms with Crippen LogP contribution in [0.1, 0.15) is 31.0 Å². The van der Waals surface area contributed by atoms with Crippen molar-refractivity contribution in [1.29, 1.82) is 0 Å².